The van der Waals surface area contributed by atoms with Crippen molar-refractivity contribution in [2.75, 3.05) is 0 Å². The van der Waals surface area contributed by atoms with Gasteiger partial charge < -0.3 is 20.3 Å². The van der Waals surface area contributed by atoms with Gasteiger partial charge in [-0.15, -0.1) is 0 Å². The first-order valence-electron chi connectivity index (χ1n) is 16.0. The number of aliphatic hydroxyl groups is 1. The molecule has 4 fully saturated rings. The Hall–Kier alpha value is -0.880. The normalized spacial score (nSPS) is 39.0. The third-order valence-corrected chi connectivity index (χ3v) is 12.6. The van der Waals surface area contributed by atoms with Crippen molar-refractivity contribution >= 4 is 11.9 Å². The zero-order chi connectivity index (χ0) is 29.0. The molecule has 2 N–H and O–H groups in total. The first-order valence-corrected chi connectivity index (χ1v) is 16.0. The predicted molar refractivity (Wildman–Crippen MR) is 156 cm³/mol. The van der Waals surface area contributed by atoms with E-state index >= 15 is 0 Å². The van der Waals surface area contributed by atoms with Crippen molar-refractivity contribution in [1.29, 1.82) is 0 Å². The Morgan fingerprint density at radius 2 is 1.63 bits per heavy atom. The molecule has 10 atom stereocenters. The van der Waals surface area contributed by atoms with E-state index in [4.69, 9.17) is 0 Å². The fourth-order valence-corrected chi connectivity index (χ4v) is 10.3. The number of aliphatic hydroxyl groups excluding tert-OH is 1. The summed E-state index contributed by atoms with van der Waals surface area (Å²) in [5.74, 6) is 1.78. The van der Waals surface area contributed by atoms with Gasteiger partial charge >= 0.3 is 29.6 Å². The van der Waals surface area contributed by atoms with Crippen LogP contribution in [0.2, 0.25) is 0 Å². The van der Waals surface area contributed by atoms with Crippen LogP contribution in [-0.2, 0) is 10.2 Å². The molecule has 0 bridgehead atoms. The number of carboxylic acid groups (broad SMARTS) is 1. The van der Waals surface area contributed by atoms with Crippen LogP contribution in [0.25, 0.3) is 0 Å². The van der Waals surface area contributed by atoms with Gasteiger partial charge in [0.15, 0.2) is 0 Å². The van der Waals surface area contributed by atoms with E-state index in [0.717, 1.165) is 50.5 Å². The van der Waals surface area contributed by atoms with Gasteiger partial charge in [-0.25, -0.2) is 0 Å². The fraction of sp³-hybridized carbons (Fsp3) is 0.771. The van der Waals surface area contributed by atoms with E-state index in [1.807, 2.05) is 12.1 Å². The zero-order valence-electron chi connectivity index (χ0n) is 26.7. The molecular formula is C35H52NNaO4. The molecule has 222 valence electrons. The molecule has 4 saturated carbocycles. The first kappa shape index (κ1) is 33.0. The molecular weight excluding hydrogens is 521 g/mol. The first-order chi connectivity index (χ1) is 18.7. The van der Waals surface area contributed by atoms with Crippen LogP contribution in [0, 0.1) is 46.3 Å². The van der Waals surface area contributed by atoms with Crippen molar-refractivity contribution < 1.29 is 49.4 Å². The summed E-state index contributed by atoms with van der Waals surface area (Å²) >= 11 is 0. The number of aliphatic carboxylic acids is 1. The standard InChI is InChI=1S/C35H53NO4.Na/c1-21(7-14-30(38)39)26-12-13-27-31-28(16-18-35(26,27)6)34(5)17-15-25(19-24(34)20-29(31)37)36-32(40)22-8-10-23(11-9-22)33(2,3)4;/h8-11,21,24-29,31,37H,7,12-20H2,1-6H3,(H,36,40)(H,38,39);/q;+1/p-1/t21-,24?,25+,26-,27+,28+,29+,31+,34+,35-;/m1./s1. The molecule has 41 heavy (non-hydrogen) atoms. The van der Waals surface area contributed by atoms with Gasteiger partial charge in [-0.05, 0) is 134 Å². The van der Waals surface area contributed by atoms with Crippen LogP contribution < -0.4 is 40.0 Å². The van der Waals surface area contributed by atoms with Gasteiger partial charge in [0.25, 0.3) is 5.91 Å². The van der Waals surface area contributed by atoms with Crippen LogP contribution in [0.3, 0.4) is 0 Å². The van der Waals surface area contributed by atoms with Gasteiger partial charge in [-0.1, -0.05) is 53.7 Å². The quantitative estimate of drug-likeness (QED) is 0.513. The second-order valence-electron chi connectivity index (χ2n) is 15.7. The minimum atomic E-state index is -0.942. The van der Waals surface area contributed by atoms with E-state index in [1.165, 1.54) is 12.0 Å². The molecule has 0 spiro atoms. The number of carboxylic acids is 1. The third kappa shape index (κ3) is 6.22. The Bertz CT molecular complexity index is 1100. The molecule has 0 saturated heterocycles. The molecule has 4 aliphatic carbocycles. The summed E-state index contributed by atoms with van der Waals surface area (Å²) in [5.41, 5.74) is 2.41. The van der Waals surface area contributed by atoms with Crippen molar-refractivity contribution in [3.05, 3.63) is 35.4 Å². The molecule has 6 heteroatoms. The summed E-state index contributed by atoms with van der Waals surface area (Å²) < 4.78 is 0. The van der Waals surface area contributed by atoms with Crippen molar-refractivity contribution in [3.8, 4) is 0 Å². The smallest absolute Gasteiger partial charge is 0.550 e. The average molecular weight is 574 g/mol. The maximum atomic E-state index is 13.1. The van der Waals surface area contributed by atoms with Crippen molar-refractivity contribution in [2.45, 2.75) is 123 Å². The number of fused-ring (bicyclic) bond motifs is 5. The molecule has 1 aromatic carbocycles. The number of hydrogen-bond acceptors (Lipinski definition) is 4. The van der Waals surface area contributed by atoms with E-state index < -0.39 is 5.97 Å². The van der Waals surface area contributed by atoms with Gasteiger partial charge in [-0.2, -0.15) is 0 Å². The fourth-order valence-electron chi connectivity index (χ4n) is 10.3. The van der Waals surface area contributed by atoms with E-state index in [-0.39, 0.29) is 70.3 Å². The Morgan fingerprint density at radius 3 is 2.27 bits per heavy atom. The van der Waals surface area contributed by atoms with E-state index in [9.17, 15) is 19.8 Å². The Labute approximate surface area is 270 Å². The Balaban J connectivity index is 0.00000387. The summed E-state index contributed by atoms with van der Waals surface area (Å²) in [6.07, 6.45) is 9.09. The summed E-state index contributed by atoms with van der Waals surface area (Å²) in [6.45, 7) is 13.7. The van der Waals surface area contributed by atoms with Gasteiger partial charge in [-0.3, -0.25) is 4.79 Å². The second-order valence-corrected chi connectivity index (χ2v) is 15.7. The molecule has 0 aromatic heterocycles. The number of benzene rings is 1. The van der Waals surface area contributed by atoms with E-state index in [0.29, 0.717) is 41.9 Å². The van der Waals surface area contributed by atoms with Gasteiger partial charge in [0, 0.05) is 17.6 Å². The number of rotatable bonds is 6. The average Bonchev–Trinajstić information content (AvgIpc) is 3.25. The van der Waals surface area contributed by atoms with Crippen LogP contribution in [0.5, 0.6) is 0 Å². The topological polar surface area (TPSA) is 89.5 Å². The number of hydrogen-bond donors (Lipinski definition) is 2. The van der Waals surface area contributed by atoms with Crippen molar-refractivity contribution in [2.24, 2.45) is 46.3 Å². The van der Waals surface area contributed by atoms with Crippen LogP contribution >= 0.6 is 0 Å². The zero-order valence-corrected chi connectivity index (χ0v) is 28.7. The SMILES string of the molecule is C[C@H](CCC(=O)[O-])[C@H]1CC[C@H]2[C@@H]3[C@@H](O)CC4C[C@@H](NC(=O)c5ccc(C(C)(C)C)cc5)CC[C@]4(C)[C@H]3CC[C@]12C.[Na+]. The van der Waals surface area contributed by atoms with E-state index in [1.54, 1.807) is 0 Å². The van der Waals surface area contributed by atoms with Crippen LogP contribution in [0.4, 0.5) is 0 Å². The van der Waals surface area contributed by atoms with Gasteiger partial charge in [0.05, 0.1) is 6.10 Å². The number of nitrogens with one attached hydrogen (secondary N) is 1. The van der Waals surface area contributed by atoms with Crippen molar-refractivity contribution in [1.82, 2.24) is 5.32 Å². The van der Waals surface area contributed by atoms with Gasteiger partial charge in [0.1, 0.15) is 0 Å². The van der Waals surface area contributed by atoms with Gasteiger partial charge in [0.2, 0.25) is 0 Å². The molecule has 5 nitrogen and oxygen atoms in total. The molecule has 0 radical (unpaired) electrons. The molecule has 0 aliphatic heterocycles. The maximum absolute atomic E-state index is 13.1. The maximum Gasteiger partial charge on any atom is 1.00 e. The summed E-state index contributed by atoms with van der Waals surface area (Å²) in [4.78, 5) is 24.3. The van der Waals surface area contributed by atoms with Crippen LogP contribution in [-0.4, -0.2) is 29.1 Å². The molecule has 4 aliphatic rings. The Morgan fingerprint density at radius 1 is 1.00 bits per heavy atom. The minimum absolute atomic E-state index is 0. The molecule has 1 aromatic rings. The number of amides is 1. The third-order valence-electron chi connectivity index (χ3n) is 12.6. The number of carbonyl (C=O) groups excluding carboxylic acids is 2. The van der Waals surface area contributed by atoms with Crippen LogP contribution in [0.1, 0.15) is 122 Å². The summed E-state index contributed by atoms with van der Waals surface area (Å²) in [5, 5.41) is 26.1. The molecule has 1 unspecified atom stereocenters. The van der Waals surface area contributed by atoms with Crippen LogP contribution in [0.15, 0.2) is 24.3 Å². The van der Waals surface area contributed by atoms with Crippen molar-refractivity contribution in [3.63, 3.8) is 0 Å². The second kappa shape index (κ2) is 12.3. The molecule has 1 amide bonds. The summed E-state index contributed by atoms with van der Waals surface area (Å²) in [6, 6.07) is 8.19. The summed E-state index contributed by atoms with van der Waals surface area (Å²) in [7, 11) is 0. The molecule has 5 rings (SSSR count). The molecule has 0 heterocycles. The van der Waals surface area contributed by atoms with E-state index in [2.05, 4.69) is 59.0 Å². The number of carbonyl (C=O) groups is 2. The monoisotopic (exact) mass is 573 g/mol. The largest absolute Gasteiger partial charge is 1.00 e. The predicted octanol–water partition coefficient (Wildman–Crippen LogP) is 2.88. The minimum Gasteiger partial charge on any atom is -0.550 e. The Kier molecular flexibility index (Phi) is 9.87.